The van der Waals surface area contributed by atoms with Gasteiger partial charge in [-0.2, -0.15) is 5.26 Å². The van der Waals surface area contributed by atoms with Crippen molar-refractivity contribution in [1.29, 1.82) is 5.26 Å². The summed E-state index contributed by atoms with van der Waals surface area (Å²) in [7, 11) is 0. The summed E-state index contributed by atoms with van der Waals surface area (Å²) in [6.07, 6.45) is 2.94. The molecule has 2 rings (SSSR count). The highest BCUT2D eigenvalue weighted by molar-refractivity contribution is 5.78. The Labute approximate surface area is 86.0 Å². The highest BCUT2D eigenvalue weighted by atomic mass is 16.5. The van der Waals surface area contributed by atoms with Gasteiger partial charge in [-0.05, 0) is 29.5 Å². The molecular weight excluding hydrogens is 192 g/mol. The van der Waals surface area contributed by atoms with Crippen LogP contribution in [0.2, 0.25) is 0 Å². The molecule has 0 radical (unpaired) electrons. The SMILES string of the molecule is N#Cc1ccc(OC=C2C=NN=N2)cc1. The summed E-state index contributed by atoms with van der Waals surface area (Å²) >= 11 is 0. The largest absolute Gasteiger partial charge is 0.463 e. The molecule has 15 heavy (non-hydrogen) atoms. The molecular formula is C10H6N4O. The maximum absolute atomic E-state index is 8.58. The third-order valence-electron chi connectivity index (χ3n) is 1.70. The quantitative estimate of drug-likeness (QED) is 0.683. The van der Waals surface area contributed by atoms with Crippen LogP contribution in [0.5, 0.6) is 5.75 Å². The molecule has 1 aromatic carbocycles. The van der Waals surface area contributed by atoms with Crippen LogP contribution in [-0.2, 0) is 0 Å². The van der Waals surface area contributed by atoms with Crippen LogP contribution in [0.15, 0.2) is 51.7 Å². The Balaban J connectivity index is 2.06. The average molecular weight is 198 g/mol. The molecule has 72 valence electrons. The summed E-state index contributed by atoms with van der Waals surface area (Å²) in [6.45, 7) is 0. The lowest BCUT2D eigenvalue weighted by Gasteiger charge is -1.98. The van der Waals surface area contributed by atoms with Gasteiger partial charge in [0.05, 0.1) is 17.8 Å². The Kier molecular flexibility index (Phi) is 2.52. The summed E-state index contributed by atoms with van der Waals surface area (Å²) in [5.41, 5.74) is 1.15. The van der Waals surface area contributed by atoms with Crippen LogP contribution in [0.4, 0.5) is 0 Å². The lowest BCUT2D eigenvalue weighted by Crippen LogP contribution is -1.85. The fraction of sp³-hybridized carbons (Fsp3) is 0. The topological polar surface area (TPSA) is 70.1 Å². The van der Waals surface area contributed by atoms with Crippen molar-refractivity contribution in [3.8, 4) is 11.8 Å². The molecule has 0 saturated carbocycles. The summed E-state index contributed by atoms with van der Waals surface area (Å²) in [5.74, 6) is 0.636. The van der Waals surface area contributed by atoms with Gasteiger partial charge in [-0.25, -0.2) is 0 Å². The van der Waals surface area contributed by atoms with E-state index in [2.05, 4.69) is 15.4 Å². The molecule has 5 heteroatoms. The molecule has 0 N–H and O–H groups in total. The Morgan fingerprint density at radius 2 is 2.07 bits per heavy atom. The smallest absolute Gasteiger partial charge is 0.143 e. The zero-order chi connectivity index (χ0) is 10.5. The molecule has 0 saturated heterocycles. The van der Waals surface area contributed by atoms with E-state index in [9.17, 15) is 0 Å². The fourth-order valence-electron chi connectivity index (χ4n) is 0.979. The number of hydrogen-bond acceptors (Lipinski definition) is 5. The van der Waals surface area contributed by atoms with E-state index in [1.807, 2.05) is 6.07 Å². The van der Waals surface area contributed by atoms with Gasteiger partial charge >= 0.3 is 0 Å². The van der Waals surface area contributed by atoms with Gasteiger partial charge in [0.15, 0.2) is 0 Å². The monoisotopic (exact) mass is 198 g/mol. The Bertz CT molecular complexity index is 465. The number of rotatable bonds is 2. The van der Waals surface area contributed by atoms with E-state index in [0.29, 0.717) is 17.0 Å². The van der Waals surface area contributed by atoms with Crippen LogP contribution in [0.25, 0.3) is 0 Å². The molecule has 1 aliphatic rings. The van der Waals surface area contributed by atoms with Crippen LogP contribution in [-0.4, -0.2) is 6.21 Å². The lowest BCUT2D eigenvalue weighted by atomic mass is 10.2. The van der Waals surface area contributed by atoms with Gasteiger partial charge in [0.2, 0.25) is 0 Å². The van der Waals surface area contributed by atoms with Gasteiger partial charge in [-0.3, -0.25) is 0 Å². The average Bonchev–Trinajstić information content (AvgIpc) is 2.80. The van der Waals surface area contributed by atoms with Crippen LogP contribution in [0, 0.1) is 11.3 Å². The molecule has 0 aliphatic carbocycles. The molecule has 0 aromatic heterocycles. The number of nitriles is 1. The maximum Gasteiger partial charge on any atom is 0.143 e. The zero-order valence-electron chi connectivity index (χ0n) is 7.66. The van der Waals surface area contributed by atoms with Crippen molar-refractivity contribution in [2.45, 2.75) is 0 Å². The molecule has 0 bridgehead atoms. The summed E-state index contributed by atoms with van der Waals surface area (Å²) in [4.78, 5) is 0. The Morgan fingerprint density at radius 1 is 1.27 bits per heavy atom. The molecule has 5 nitrogen and oxygen atoms in total. The predicted octanol–water partition coefficient (Wildman–Crippen LogP) is 2.23. The minimum Gasteiger partial charge on any atom is -0.463 e. The molecule has 1 aliphatic heterocycles. The van der Waals surface area contributed by atoms with Crippen LogP contribution in [0.3, 0.4) is 0 Å². The van der Waals surface area contributed by atoms with E-state index in [0.717, 1.165) is 0 Å². The second kappa shape index (κ2) is 4.15. The van der Waals surface area contributed by atoms with Crippen molar-refractivity contribution < 1.29 is 4.74 Å². The van der Waals surface area contributed by atoms with Crippen molar-refractivity contribution in [2.75, 3.05) is 0 Å². The molecule has 0 fully saturated rings. The van der Waals surface area contributed by atoms with Gasteiger partial charge in [-0.1, -0.05) is 0 Å². The van der Waals surface area contributed by atoms with Crippen molar-refractivity contribution >= 4 is 6.21 Å². The summed E-state index contributed by atoms with van der Waals surface area (Å²) < 4.78 is 5.27. The second-order valence-electron chi connectivity index (χ2n) is 2.73. The Hall–Kier alpha value is -2.48. The third kappa shape index (κ3) is 2.25. The number of nitrogens with zero attached hydrogens (tertiary/aromatic N) is 4. The van der Waals surface area contributed by atoms with E-state index >= 15 is 0 Å². The summed E-state index contributed by atoms with van der Waals surface area (Å²) in [5, 5.41) is 19.2. The number of hydrogen-bond donors (Lipinski definition) is 0. The molecule has 0 amide bonds. The van der Waals surface area contributed by atoms with Gasteiger partial charge in [0, 0.05) is 0 Å². The minimum absolute atomic E-state index is 0.555. The van der Waals surface area contributed by atoms with Crippen LogP contribution < -0.4 is 4.74 Å². The highest BCUT2D eigenvalue weighted by Gasteiger charge is 1.97. The standard InChI is InChI=1S/C10H6N4O/c11-5-8-1-3-10(4-2-8)15-7-9-6-12-14-13-9/h1-4,6-7H. The first-order valence-electron chi connectivity index (χ1n) is 4.19. The van der Waals surface area contributed by atoms with Gasteiger partial charge in [0.25, 0.3) is 0 Å². The molecule has 0 unspecified atom stereocenters. The van der Waals surface area contributed by atoms with Crippen molar-refractivity contribution in [3.05, 3.63) is 41.8 Å². The van der Waals surface area contributed by atoms with Gasteiger partial charge in [-0.15, -0.1) is 10.2 Å². The fourth-order valence-corrected chi connectivity index (χ4v) is 0.979. The van der Waals surface area contributed by atoms with E-state index in [-0.39, 0.29) is 0 Å². The van der Waals surface area contributed by atoms with Crippen molar-refractivity contribution in [3.63, 3.8) is 0 Å². The number of benzene rings is 1. The third-order valence-corrected chi connectivity index (χ3v) is 1.70. The van der Waals surface area contributed by atoms with Gasteiger partial charge in [0.1, 0.15) is 17.7 Å². The minimum atomic E-state index is 0.555. The van der Waals surface area contributed by atoms with Crippen LogP contribution in [0.1, 0.15) is 5.56 Å². The van der Waals surface area contributed by atoms with Gasteiger partial charge < -0.3 is 4.74 Å². The molecule has 0 spiro atoms. The number of allylic oxidation sites excluding steroid dienone is 1. The molecule has 0 atom stereocenters. The van der Waals surface area contributed by atoms with Crippen molar-refractivity contribution in [2.24, 2.45) is 15.4 Å². The zero-order valence-corrected chi connectivity index (χ0v) is 7.66. The Morgan fingerprint density at radius 3 is 2.67 bits per heavy atom. The first kappa shape index (κ1) is 9.09. The van der Waals surface area contributed by atoms with Crippen LogP contribution >= 0.6 is 0 Å². The van der Waals surface area contributed by atoms with E-state index in [1.165, 1.54) is 12.5 Å². The van der Waals surface area contributed by atoms with E-state index < -0.39 is 0 Å². The second-order valence-corrected chi connectivity index (χ2v) is 2.73. The van der Waals surface area contributed by atoms with E-state index in [1.54, 1.807) is 24.3 Å². The number of ether oxygens (including phenoxy) is 1. The van der Waals surface area contributed by atoms with E-state index in [4.69, 9.17) is 10.00 Å². The molecule has 1 heterocycles. The molecule has 1 aromatic rings. The predicted molar refractivity (Wildman–Crippen MR) is 53.2 cm³/mol. The lowest BCUT2D eigenvalue weighted by molar-refractivity contribution is 0.477. The normalized spacial score (nSPS) is 15.5. The first-order chi connectivity index (χ1) is 7.38. The highest BCUT2D eigenvalue weighted by Crippen LogP contribution is 2.13. The maximum atomic E-state index is 8.58. The first-order valence-corrected chi connectivity index (χ1v) is 4.19. The van der Waals surface area contributed by atoms with Crippen molar-refractivity contribution in [1.82, 2.24) is 0 Å². The summed E-state index contributed by atoms with van der Waals surface area (Å²) in [6, 6.07) is 8.80.